The molecule has 144 valence electrons. The molecule has 0 radical (unpaired) electrons. The van der Waals surface area contributed by atoms with Crippen molar-refractivity contribution in [1.82, 2.24) is 4.90 Å². The van der Waals surface area contributed by atoms with Crippen molar-refractivity contribution in [2.45, 2.75) is 25.2 Å². The van der Waals surface area contributed by atoms with Gasteiger partial charge in [-0.3, -0.25) is 9.59 Å². The third-order valence-electron chi connectivity index (χ3n) is 4.53. The van der Waals surface area contributed by atoms with E-state index >= 15 is 0 Å². The van der Waals surface area contributed by atoms with Crippen molar-refractivity contribution in [2.75, 3.05) is 26.8 Å². The van der Waals surface area contributed by atoms with E-state index in [1.807, 2.05) is 60.7 Å². The quantitative estimate of drug-likeness (QED) is 0.654. The maximum absolute atomic E-state index is 13.0. The van der Waals surface area contributed by atoms with Gasteiger partial charge in [0, 0.05) is 32.0 Å². The zero-order chi connectivity index (χ0) is 19.5. The monoisotopic (exact) mass is 369 g/mol. The number of hydrogen-bond donors (Lipinski definition) is 1. The number of hydrogen-bond acceptors (Lipinski definition) is 4. The Kier molecular flexibility index (Phi) is 8.52. The van der Waals surface area contributed by atoms with Crippen molar-refractivity contribution >= 4 is 11.9 Å². The predicted octanol–water partition coefficient (Wildman–Crippen LogP) is 2.98. The number of esters is 1. The first-order chi connectivity index (χ1) is 13.2. The molecular formula is C22H27NO4. The minimum absolute atomic E-state index is 0.00278. The summed E-state index contributed by atoms with van der Waals surface area (Å²) in [5.74, 6) is -0.445. The van der Waals surface area contributed by atoms with Gasteiger partial charge in [0.1, 0.15) is 0 Å². The van der Waals surface area contributed by atoms with E-state index in [2.05, 4.69) is 4.74 Å². The molecule has 2 aromatic rings. The molecule has 0 fully saturated rings. The third kappa shape index (κ3) is 6.53. The van der Waals surface area contributed by atoms with Crippen molar-refractivity contribution in [3.05, 3.63) is 71.8 Å². The first-order valence-electron chi connectivity index (χ1n) is 9.21. The van der Waals surface area contributed by atoms with Crippen molar-refractivity contribution in [1.29, 1.82) is 0 Å². The van der Waals surface area contributed by atoms with Crippen LogP contribution in [-0.2, 0) is 14.3 Å². The van der Waals surface area contributed by atoms with Gasteiger partial charge in [0.15, 0.2) is 0 Å². The molecular weight excluding hydrogens is 342 g/mol. The normalized spacial score (nSPS) is 10.6. The Bertz CT molecular complexity index is 663. The van der Waals surface area contributed by atoms with Crippen LogP contribution in [0.4, 0.5) is 0 Å². The molecule has 1 N–H and O–H groups in total. The van der Waals surface area contributed by atoms with E-state index in [-0.39, 0.29) is 30.8 Å². The smallest absolute Gasteiger partial charge is 0.307 e. The number of carbonyl (C=O) groups excluding carboxylic acids is 2. The summed E-state index contributed by atoms with van der Waals surface area (Å²) < 4.78 is 4.68. The van der Waals surface area contributed by atoms with Gasteiger partial charge in [0.05, 0.1) is 13.5 Å². The molecule has 5 nitrogen and oxygen atoms in total. The highest BCUT2D eigenvalue weighted by molar-refractivity contribution is 5.78. The van der Waals surface area contributed by atoms with Crippen LogP contribution in [0.2, 0.25) is 0 Å². The molecule has 0 saturated carbocycles. The van der Waals surface area contributed by atoms with Gasteiger partial charge in [-0.1, -0.05) is 60.7 Å². The van der Waals surface area contributed by atoms with Crippen LogP contribution >= 0.6 is 0 Å². The Morgan fingerprint density at radius 2 is 1.52 bits per heavy atom. The molecule has 0 aliphatic carbocycles. The maximum Gasteiger partial charge on any atom is 0.307 e. The molecule has 0 aromatic heterocycles. The Hall–Kier alpha value is -2.66. The van der Waals surface area contributed by atoms with Crippen LogP contribution in [0.3, 0.4) is 0 Å². The van der Waals surface area contributed by atoms with E-state index in [1.54, 1.807) is 4.90 Å². The number of nitrogens with zero attached hydrogens (tertiary/aromatic N) is 1. The molecule has 2 rings (SSSR count). The summed E-state index contributed by atoms with van der Waals surface area (Å²) >= 11 is 0. The molecule has 0 aliphatic rings. The molecule has 5 heteroatoms. The van der Waals surface area contributed by atoms with Gasteiger partial charge in [0.2, 0.25) is 5.91 Å². The van der Waals surface area contributed by atoms with Crippen LogP contribution in [0.15, 0.2) is 60.7 Å². The third-order valence-corrected chi connectivity index (χ3v) is 4.53. The molecule has 27 heavy (non-hydrogen) atoms. The summed E-state index contributed by atoms with van der Waals surface area (Å²) in [7, 11) is 1.34. The van der Waals surface area contributed by atoms with Crippen LogP contribution in [0.25, 0.3) is 0 Å². The van der Waals surface area contributed by atoms with Gasteiger partial charge in [0.25, 0.3) is 0 Å². The Morgan fingerprint density at radius 3 is 2.00 bits per heavy atom. The lowest BCUT2D eigenvalue weighted by atomic mass is 9.88. The molecule has 1 amide bonds. The van der Waals surface area contributed by atoms with Crippen LogP contribution in [0.5, 0.6) is 0 Å². The van der Waals surface area contributed by atoms with E-state index in [0.29, 0.717) is 25.9 Å². The SMILES string of the molecule is COC(=O)CCN(CCCO)C(=O)CC(c1ccccc1)c1ccccc1. The summed E-state index contributed by atoms with van der Waals surface area (Å²) in [5.41, 5.74) is 2.15. The minimum atomic E-state index is -0.348. The molecule has 0 atom stereocenters. The molecule has 0 unspecified atom stereocenters. The fraction of sp³-hybridized carbons (Fsp3) is 0.364. The molecule has 2 aromatic carbocycles. The summed E-state index contributed by atoms with van der Waals surface area (Å²) in [5, 5.41) is 9.13. The van der Waals surface area contributed by atoms with Crippen LogP contribution < -0.4 is 0 Å². The zero-order valence-electron chi connectivity index (χ0n) is 15.7. The van der Waals surface area contributed by atoms with E-state index in [0.717, 1.165) is 11.1 Å². The molecule has 0 aliphatic heterocycles. The first kappa shape index (κ1) is 20.6. The highest BCUT2D eigenvalue weighted by Crippen LogP contribution is 2.28. The topological polar surface area (TPSA) is 66.8 Å². The highest BCUT2D eigenvalue weighted by atomic mass is 16.5. The fourth-order valence-corrected chi connectivity index (χ4v) is 3.05. The number of carbonyl (C=O) groups is 2. The fourth-order valence-electron chi connectivity index (χ4n) is 3.05. The summed E-state index contributed by atoms with van der Waals surface area (Å²) in [6.07, 6.45) is 0.934. The Labute approximate surface area is 160 Å². The maximum atomic E-state index is 13.0. The lowest BCUT2D eigenvalue weighted by molar-refractivity contribution is -0.141. The summed E-state index contributed by atoms with van der Waals surface area (Å²) in [6.45, 7) is 0.716. The van der Waals surface area contributed by atoms with Gasteiger partial charge in [-0.25, -0.2) is 0 Å². The zero-order valence-corrected chi connectivity index (χ0v) is 15.7. The van der Waals surface area contributed by atoms with Crippen LogP contribution in [0.1, 0.15) is 36.3 Å². The van der Waals surface area contributed by atoms with Gasteiger partial charge in [-0.2, -0.15) is 0 Å². The number of amides is 1. The molecule has 0 bridgehead atoms. The van der Waals surface area contributed by atoms with Crippen molar-refractivity contribution < 1.29 is 19.4 Å². The van der Waals surface area contributed by atoms with Gasteiger partial charge >= 0.3 is 5.97 Å². The average molecular weight is 369 g/mol. The number of aliphatic hydroxyl groups is 1. The van der Waals surface area contributed by atoms with Crippen molar-refractivity contribution in [3.8, 4) is 0 Å². The predicted molar refractivity (Wildman–Crippen MR) is 104 cm³/mol. The second kappa shape index (κ2) is 11.1. The van der Waals surface area contributed by atoms with E-state index in [1.165, 1.54) is 7.11 Å². The standard InChI is InChI=1S/C22H27NO4/c1-27-22(26)13-15-23(14-8-16-24)21(25)17-20(18-9-4-2-5-10-18)19-11-6-3-7-12-19/h2-7,9-12,20,24H,8,13-17H2,1H3. The largest absolute Gasteiger partial charge is 0.469 e. The van der Waals surface area contributed by atoms with Gasteiger partial charge in [-0.05, 0) is 17.5 Å². The average Bonchev–Trinajstić information content (AvgIpc) is 2.72. The molecule has 0 saturated heterocycles. The first-order valence-corrected chi connectivity index (χ1v) is 9.21. The van der Waals surface area contributed by atoms with Crippen molar-refractivity contribution in [2.24, 2.45) is 0 Å². The number of rotatable bonds is 10. The van der Waals surface area contributed by atoms with Crippen LogP contribution in [0, 0.1) is 0 Å². The number of benzene rings is 2. The van der Waals surface area contributed by atoms with Crippen LogP contribution in [-0.4, -0.2) is 48.7 Å². The summed E-state index contributed by atoms with van der Waals surface area (Å²) in [6, 6.07) is 19.9. The Balaban J connectivity index is 2.17. The van der Waals surface area contributed by atoms with Gasteiger partial charge in [-0.15, -0.1) is 0 Å². The molecule has 0 spiro atoms. The second-order valence-corrected chi connectivity index (χ2v) is 6.36. The van der Waals surface area contributed by atoms with Crippen molar-refractivity contribution in [3.63, 3.8) is 0 Å². The second-order valence-electron chi connectivity index (χ2n) is 6.36. The summed E-state index contributed by atoms with van der Waals surface area (Å²) in [4.78, 5) is 26.1. The number of ether oxygens (including phenoxy) is 1. The lowest BCUT2D eigenvalue weighted by Crippen LogP contribution is -2.35. The number of aliphatic hydroxyl groups excluding tert-OH is 1. The Morgan fingerprint density at radius 1 is 0.963 bits per heavy atom. The lowest BCUT2D eigenvalue weighted by Gasteiger charge is -2.25. The number of methoxy groups -OCH3 is 1. The minimum Gasteiger partial charge on any atom is -0.469 e. The van der Waals surface area contributed by atoms with E-state index in [4.69, 9.17) is 5.11 Å². The molecule has 0 heterocycles. The van der Waals surface area contributed by atoms with E-state index in [9.17, 15) is 9.59 Å². The highest BCUT2D eigenvalue weighted by Gasteiger charge is 2.22. The van der Waals surface area contributed by atoms with E-state index < -0.39 is 0 Å². The van der Waals surface area contributed by atoms with Gasteiger partial charge < -0.3 is 14.7 Å².